The van der Waals surface area contributed by atoms with Crippen LogP contribution in [0.1, 0.15) is 12.0 Å². The van der Waals surface area contributed by atoms with Gasteiger partial charge in [-0.1, -0.05) is 0 Å². The maximum Gasteiger partial charge on any atom is 0.229 e. The number of nitrogens with one attached hydrogen (secondary N) is 2. The molecule has 102 valence electrons. The third kappa shape index (κ3) is 3.92. The van der Waals surface area contributed by atoms with Crippen molar-refractivity contribution in [2.75, 3.05) is 23.9 Å². The fraction of sp³-hybridized carbons (Fsp3) is 0.214. The van der Waals surface area contributed by atoms with Crippen LogP contribution in [0, 0.1) is 11.3 Å². The van der Waals surface area contributed by atoms with Gasteiger partial charge in [-0.15, -0.1) is 0 Å². The zero-order valence-electron chi connectivity index (χ0n) is 10.8. The lowest BCUT2D eigenvalue weighted by atomic mass is 10.2. The van der Waals surface area contributed by atoms with Gasteiger partial charge in [0.25, 0.3) is 0 Å². The summed E-state index contributed by atoms with van der Waals surface area (Å²) >= 11 is 0. The predicted molar refractivity (Wildman–Crippen MR) is 75.6 cm³/mol. The fourth-order valence-electron chi connectivity index (χ4n) is 1.56. The monoisotopic (exact) mass is 271 g/mol. The van der Waals surface area contributed by atoms with Crippen molar-refractivity contribution >= 4 is 17.5 Å². The van der Waals surface area contributed by atoms with Crippen molar-refractivity contribution in [3.8, 4) is 6.07 Å². The highest BCUT2D eigenvalue weighted by atomic mass is 19.1. The second-order valence-corrected chi connectivity index (χ2v) is 4.05. The first-order chi connectivity index (χ1) is 9.81. The van der Waals surface area contributed by atoms with E-state index >= 15 is 0 Å². The molecule has 2 aromatic rings. The summed E-state index contributed by atoms with van der Waals surface area (Å²) in [6.45, 7) is 0.179. The summed E-state index contributed by atoms with van der Waals surface area (Å²) in [5.41, 5.74) is 1.39. The van der Waals surface area contributed by atoms with E-state index in [1.165, 1.54) is 0 Å². The van der Waals surface area contributed by atoms with Crippen LogP contribution in [-0.4, -0.2) is 23.2 Å². The van der Waals surface area contributed by atoms with E-state index in [0.29, 0.717) is 30.3 Å². The molecule has 0 saturated heterocycles. The third-order valence-corrected chi connectivity index (χ3v) is 2.54. The normalized spacial score (nSPS) is 9.80. The van der Waals surface area contributed by atoms with Crippen molar-refractivity contribution in [3.05, 3.63) is 42.1 Å². The SMILES string of the molecule is N#Cc1ccc(Nc2nccc(NCCCF)n2)cc1. The van der Waals surface area contributed by atoms with E-state index < -0.39 is 0 Å². The molecule has 0 aliphatic carbocycles. The molecule has 0 fully saturated rings. The van der Waals surface area contributed by atoms with E-state index in [1.807, 2.05) is 0 Å². The molecule has 0 spiro atoms. The van der Waals surface area contributed by atoms with Crippen LogP contribution in [0.3, 0.4) is 0 Å². The molecule has 1 aromatic heterocycles. The van der Waals surface area contributed by atoms with Gasteiger partial charge in [0.05, 0.1) is 18.3 Å². The number of aromatic nitrogens is 2. The fourth-order valence-corrected chi connectivity index (χ4v) is 1.56. The molecule has 0 atom stereocenters. The zero-order valence-corrected chi connectivity index (χ0v) is 10.8. The Bertz CT molecular complexity index is 591. The lowest BCUT2D eigenvalue weighted by Crippen LogP contribution is -2.06. The van der Waals surface area contributed by atoms with Crippen LogP contribution in [0.4, 0.5) is 21.8 Å². The van der Waals surface area contributed by atoms with Crippen LogP contribution >= 0.6 is 0 Å². The Hall–Kier alpha value is -2.68. The molecule has 1 heterocycles. The number of hydrogen-bond donors (Lipinski definition) is 2. The van der Waals surface area contributed by atoms with E-state index in [1.54, 1.807) is 36.5 Å². The summed E-state index contributed by atoms with van der Waals surface area (Å²) in [6.07, 6.45) is 2.07. The lowest BCUT2D eigenvalue weighted by Gasteiger charge is -2.07. The Morgan fingerprint density at radius 1 is 1.20 bits per heavy atom. The smallest absolute Gasteiger partial charge is 0.229 e. The standard InChI is InChI=1S/C14H14FN5/c15-7-1-8-17-13-6-9-18-14(20-13)19-12-4-2-11(10-16)3-5-12/h2-6,9H,1,7-8H2,(H2,17,18,19,20). The Kier molecular flexibility index (Phi) is 4.84. The lowest BCUT2D eigenvalue weighted by molar-refractivity contribution is 0.481. The van der Waals surface area contributed by atoms with Gasteiger partial charge < -0.3 is 10.6 Å². The van der Waals surface area contributed by atoms with Gasteiger partial charge in [0, 0.05) is 18.4 Å². The largest absolute Gasteiger partial charge is 0.370 e. The van der Waals surface area contributed by atoms with Gasteiger partial charge in [-0.2, -0.15) is 10.2 Å². The number of rotatable bonds is 6. The second kappa shape index (κ2) is 7.04. The Balaban J connectivity index is 2.01. The van der Waals surface area contributed by atoms with Crippen LogP contribution in [0.25, 0.3) is 0 Å². The maximum absolute atomic E-state index is 12.0. The highest BCUT2D eigenvalue weighted by molar-refractivity contribution is 5.56. The Labute approximate surface area is 116 Å². The minimum Gasteiger partial charge on any atom is -0.370 e. The minimum atomic E-state index is -0.353. The summed E-state index contributed by atoms with van der Waals surface area (Å²) in [7, 11) is 0. The van der Waals surface area contributed by atoms with Gasteiger partial charge in [0.15, 0.2) is 0 Å². The van der Waals surface area contributed by atoms with Crippen molar-refractivity contribution in [3.63, 3.8) is 0 Å². The van der Waals surface area contributed by atoms with Crippen LogP contribution in [0.2, 0.25) is 0 Å². The van der Waals surface area contributed by atoms with Gasteiger partial charge in [-0.05, 0) is 36.8 Å². The molecular formula is C14H14FN5. The van der Waals surface area contributed by atoms with E-state index in [9.17, 15) is 4.39 Å². The summed E-state index contributed by atoms with van der Waals surface area (Å²) in [6, 6.07) is 10.8. The molecule has 6 heteroatoms. The van der Waals surface area contributed by atoms with Crippen LogP contribution in [0.5, 0.6) is 0 Å². The molecule has 0 bridgehead atoms. The van der Waals surface area contributed by atoms with Crippen molar-refractivity contribution in [1.29, 1.82) is 5.26 Å². The molecule has 0 radical (unpaired) electrons. The highest BCUT2D eigenvalue weighted by Crippen LogP contribution is 2.14. The topological polar surface area (TPSA) is 73.6 Å². The maximum atomic E-state index is 12.0. The number of anilines is 3. The van der Waals surface area contributed by atoms with Crippen molar-refractivity contribution < 1.29 is 4.39 Å². The highest BCUT2D eigenvalue weighted by Gasteiger charge is 2.00. The van der Waals surface area contributed by atoms with Crippen molar-refractivity contribution in [2.45, 2.75) is 6.42 Å². The molecule has 0 unspecified atom stereocenters. The first kappa shape index (κ1) is 13.7. The first-order valence-corrected chi connectivity index (χ1v) is 6.22. The van der Waals surface area contributed by atoms with E-state index in [-0.39, 0.29) is 6.67 Å². The predicted octanol–water partition coefficient (Wildman–Crippen LogP) is 2.86. The number of benzene rings is 1. The Morgan fingerprint density at radius 2 is 2.00 bits per heavy atom. The quantitative estimate of drug-likeness (QED) is 0.790. The molecule has 5 nitrogen and oxygen atoms in total. The summed E-state index contributed by atoms with van der Waals surface area (Å²) < 4.78 is 12.0. The Morgan fingerprint density at radius 3 is 2.70 bits per heavy atom. The second-order valence-electron chi connectivity index (χ2n) is 4.05. The zero-order chi connectivity index (χ0) is 14.2. The third-order valence-electron chi connectivity index (χ3n) is 2.54. The van der Waals surface area contributed by atoms with Gasteiger partial charge in [0.1, 0.15) is 5.82 Å². The molecule has 20 heavy (non-hydrogen) atoms. The number of hydrogen-bond acceptors (Lipinski definition) is 5. The molecule has 0 aliphatic rings. The summed E-state index contributed by atoms with van der Waals surface area (Å²) in [5.74, 6) is 1.09. The van der Waals surface area contributed by atoms with Crippen molar-refractivity contribution in [2.24, 2.45) is 0 Å². The molecule has 0 saturated carbocycles. The van der Waals surface area contributed by atoms with Gasteiger partial charge >= 0.3 is 0 Å². The molecule has 2 N–H and O–H groups in total. The molecular weight excluding hydrogens is 257 g/mol. The molecule has 1 aromatic carbocycles. The van der Waals surface area contributed by atoms with E-state index in [0.717, 1.165) is 5.69 Å². The van der Waals surface area contributed by atoms with Gasteiger partial charge in [0.2, 0.25) is 5.95 Å². The first-order valence-electron chi connectivity index (χ1n) is 6.22. The van der Waals surface area contributed by atoms with E-state index in [4.69, 9.17) is 5.26 Å². The minimum absolute atomic E-state index is 0.353. The number of halogens is 1. The number of alkyl halides is 1. The van der Waals surface area contributed by atoms with Crippen LogP contribution in [0.15, 0.2) is 36.5 Å². The van der Waals surface area contributed by atoms with Crippen LogP contribution < -0.4 is 10.6 Å². The molecule has 2 rings (SSSR count). The van der Waals surface area contributed by atoms with E-state index in [2.05, 4.69) is 26.7 Å². The van der Waals surface area contributed by atoms with Crippen molar-refractivity contribution in [1.82, 2.24) is 9.97 Å². The van der Waals surface area contributed by atoms with Gasteiger partial charge in [-0.3, -0.25) is 4.39 Å². The summed E-state index contributed by atoms with van der Waals surface area (Å²) in [4.78, 5) is 8.37. The molecule has 0 amide bonds. The molecule has 0 aliphatic heterocycles. The average molecular weight is 271 g/mol. The summed E-state index contributed by atoms with van der Waals surface area (Å²) in [5, 5.41) is 14.8. The number of nitriles is 1. The average Bonchev–Trinajstić information content (AvgIpc) is 2.49. The van der Waals surface area contributed by atoms with Crippen LogP contribution in [-0.2, 0) is 0 Å². The van der Waals surface area contributed by atoms with Gasteiger partial charge in [-0.25, -0.2) is 4.98 Å². The number of nitrogens with zero attached hydrogens (tertiary/aromatic N) is 3.